The molecular weight excluding hydrogens is 236 g/mol. The van der Waals surface area contributed by atoms with E-state index in [4.69, 9.17) is 17.3 Å². The molecule has 0 aliphatic rings. The predicted octanol–water partition coefficient (Wildman–Crippen LogP) is 3.43. The summed E-state index contributed by atoms with van der Waals surface area (Å²) in [6.07, 6.45) is 0. The average molecular weight is 249 g/mol. The van der Waals surface area contributed by atoms with Crippen LogP contribution in [0.5, 0.6) is 0 Å². The van der Waals surface area contributed by atoms with Crippen LogP contribution in [0.25, 0.3) is 11.3 Å². The van der Waals surface area contributed by atoms with E-state index in [0.29, 0.717) is 16.3 Å². The number of benzene rings is 1. The van der Waals surface area contributed by atoms with Gasteiger partial charge in [-0.05, 0) is 26.0 Å². The maximum Gasteiger partial charge on any atom is 0.163 e. The molecule has 3 N–H and O–H groups in total. The van der Waals surface area contributed by atoms with E-state index in [-0.39, 0.29) is 5.78 Å². The van der Waals surface area contributed by atoms with Crippen molar-refractivity contribution in [2.75, 3.05) is 5.73 Å². The third kappa shape index (κ3) is 2.06. The summed E-state index contributed by atoms with van der Waals surface area (Å²) in [5.41, 5.74) is 9.44. The fourth-order valence-electron chi connectivity index (χ4n) is 1.97. The van der Waals surface area contributed by atoms with Crippen molar-refractivity contribution in [2.24, 2.45) is 0 Å². The highest BCUT2D eigenvalue weighted by molar-refractivity contribution is 6.30. The number of ketones is 1. The second-order valence-electron chi connectivity index (χ2n) is 3.98. The Balaban J connectivity index is 2.62. The fourth-order valence-corrected chi connectivity index (χ4v) is 2.16. The Bertz CT molecular complexity index is 587. The molecule has 0 atom stereocenters. The quantitative estimate of drug-likeness (QED) is 0.800. The monoisotopic (exact) mass is 248 g/mol. The van der Waals surface area contributed by atoms with Crippen LogP contribution in [0.2, 0.25) is 5.02 Å². The van der Waals surface area contributed by atoms with Crippen LogP contribution in [0.3, 0.4) is 0 Å². The Labute approximate surface area is 105 Å². The summed E-state index contributed by atoms with van der Waals surface area (Å²) in [4.78, 5) is 14.6. The van der Waals surface area contributed by atoms with E-state index in [2.05, 4.69) is 4.98 Å². The fraction of sp³-hybridized carbons (Fsp3) is 0.154. The largest absolute Gasteiger partial charge is 0.396 e. The van der Waals surface area contributed by atoms with E-state index in [9.17, 15) is 4.79 Å². The number of aromatic nitrogens is 1. The first-order valence-corrected chi connectivity index (χ1v) is 5.63. The molecule has 0 fully saturated rings. The van der Waals surface area contributed by atoms with Crippen molar-refractivity contribution in [2.45, 2.75) is 13.8 Å². The summed E-state index contributed by atoms with van der Waals surface area (Å²) in [6.45, 7) is 3.34. The zero-order valence-electron chi connectivity index (χ0n) is 9.67. The number of carbonyl (C=O) groups excluding carboxylic acids is 1. The van der Waals surface area contributed by atoms with Crippen molar-refractivity contribution in [1.82, 2.24) is 4.98 Å². The van der Waals surface area contributed by atoms with Gasteiger partial charge in [0.15, 0.2) is 5.78 Å². The molecule has 17 heavy (non-hydrogen) atoms. The number of nitrogen functional groups attached to an aromatic ring is 1. The van der Waals surface area contributed by atoms with Crippen LogP contribution < -0.4 is 5.73 Å². The molecular formula is C13H13ClN2O. The highest BCUT2D eigenvalue weighted by atomic mass is 35.5. The third-order valence-electron chi connectivity index (χ3n) is 2.69. The Morgan fingerprint density at radius 1 is 1.41 bits per heavy atom. The first-order chi connectivity index (χ1) is 8.00. The van der Waals surface area contributed by atoms with Crippen molar-refractivity contribution in [1.29, 1.82) is 0 Å². The van der Waals surface area contributed by atoms with E-state index in [1.165, 1.54) is 6.92 Å². The van der Waals surface area contributed by atoms with E-state index in [1.807, 2.05) is 25.1 Å². The Morgan fingerprint density at radius 3 is 2.65 bits per heavy atom. The van der Waals surface area contributed by atoms with E-state index in [0.717, 1.165) is 17.0 Å². The summed E-state index contributed by atoms with van der Waals surface area (Å²) < 4.78 is 0. The Hall–Kier alpha value is -1.74. The van der Waals surface area contributed by atoms with E-state index >= 15 is 0 Å². The van der Waals surface area contributed by atoms with Crippen LogP contribution in [0.15, 0.2) is 24.3 Å². The topological polar surface area (TPSA) is 58.9 Å². The van der Waals surface area contributed by atoms with Gasteiger partial charge in [0.1, 0.15) is 0 Å². The van der Waals surface area contributed by atoms with Crippen LogP contribution in [0, 0.1) is 6.92 Å². The Morgan fingerprint density at radius 2 is 2.12 bits per heavy atom. The minimum Gasteiger partial charge on any atom is -0.396 e. The maximum atomic E-state index is 11.5. The molecule has 0 saturated heterocycles. The number of halogens is 1. The zero-order valence-corrected chi connectivity index (χ0v) is 10.4. The molecule has 0 amide bonds. The van der Waals surface area contributed by atoms with Gasteiger partial charge in [-0.15, -0.1) is 0 Å². The molecule has 4 heteroatoms. The summed E-state index contributed by atoms with van der Waals surface area (Å²) in [5, 5.41) is 0.638. The number of rotatable bonds is 2. The van der Waals surface area contributed by atoms with Gasteiger partial charge in [-0.3, -0.25) is 4.79 Å². The standard InChI is InChI=1S/C13H13ClN2O/c1-7-11(8(2)17)12(15)13(16-7)9-4-3-5-10(14)6-9/h3-6,16H,15H2,1-2H3. The summed E-state index contributed by atoms with van der Waals surface area (Å²) in [5.74, 6) is -0.0375. The molecule has 0 bridgehead atoms. The highest BCUT2D eigenvalue weighted by Crippen LogP contribution is 2.31. The molecule has 0 saturated carbocycles. The molecule has 0 radical (unpaired) electrons. The lowest BCUT2D eigenvalue weighted by Gasteiger charge is -2.01. The van der Waals surface area contributed by atoms with Crippen LogP contribution in [-0.2, 0) is 0 Å². The van der Waals surface area contributed by atoms with Crippen LogP contribution in [-0.4, -0.2) is 10.8 Å². The van der Waals surface area contributed by atoms with E-state index in [1.54, 1.807) is 6.07 Å². The highest BCUT2D eigenvalue weighted by Gasteiger charge is 2.16. The SMILES string of the molecule is CC(=O)c1c(C)[nH]c(-c2cccc(Cl)c2)c1N. The number of nitrogens with one attached hydrogen (secondary N) is 1. The molecule has 2 rings (SSSR count). The number of nitrogens with two attached hydrogens (primary N) is 1. The predicted molar refractivity (Wildman–Crippen MR) is 70.4 cm³/mol. The van der Waals surface area contributed by atoms with Crippen molar-refractivity contribution in [3.8, 4) is 11.3 Å². The van der Waals surface area contributed by atoms with Crippen LogP contribution in [0.1, 0.15) is 23.0 Å². The average Bonchev–Trinajstić information content (AvgIpc) is 2.54. The van der Waals surface area contributed by atoms with Gasteiger partial charge in [0.2, 0.25) is 0 Å². The molecule has 0 unspecified atom stereocenters. The van der Waals surface area contributed by atoms with Crippen molar-refractivity contribution < 1.29 is 4.79 Å². The van der Waals surface area contributed by atoms with E-state index < -0.39 is 0 Å². The first-order valence-electron chi connectivity index (χ1n) is 5.25. The minimum atomic E-state index is -0.0375. The van der Waals surface area contributed by atoms with Gasteiger partial charge in [0.25, 0.3) is 0 Å². The number of H-pyrrole nitrogens is 1. The second kappa shape index (κ2) is 4.26. The van der Waals surface area contributed by atoms with Gasteiger partial charge < -0.3 is 10.7 Å². The third-order valence-corrected chi connectivity index (χ3v) is 2.93. The molecule has 0 spiro atoms. The first kappa shape index (κ1) is 11.7. The minimum absolute atomic E-state index is 0.0375. The summed E-state index contributed by atoms with van der Waals surface area (Å²) in [6, 6.07) is 7.36. The van der Waals surface area contributed by atoms with Crippen molar-refractivity contribution in [3.63, 3.8) is 0 Å². The number of anilines is 1. The molecule has 0 aliphatic carbocycles. The lowest BCUT2D eigenvalue weighted by Crippen LogP contribution is -1.98. The van der Waals surface area contributed by atoms with Crippen molar-refractivity contribution >= 4 is 23.1 Å². The number of hydrogen-bond acceptors (Lipinski definition) is 2. The number of Topliss-reactive ketones (excluding diaryl/α,β-unsaturated/α-hetero) is 1. The molecule has 1 heterocycles. The lowest BCUT2D eigenvalue weighted by molar-refractivity contribution is 0.101. The van der Waals surface area contributed by atoms with Crippen LogP contribution in [0.4, 0.5) is 5.69 Å². The van der Waals surface area contributed by atoms with Crippen molar-refractivity contribution in [3.05, 3.63) is 40.5 Å². The molecule has 2 aromatic rings. The summed E-state index contributed by atoms with van der Waals surface area (Å²) >= 11 is 5.93. The van der Waals surface area contributed by atoms with Gasteiger partial charge in [-0.2, -0.15) is 0 Å². The molecule has 88 valence electrons. The number of carbonyl (C=O) groups is 1. The molecule has 1 aromatic heterocycles. The summed E-state index contributed by atoms with van der Waals surface area (Å²) in [7, 11) is 0. The number of aryl methyl sites for hydroxylation is 1. The lowest BCUT2D eigenvalue weighted by atomic mass is 10.1. The van der Waals surface area contributed by atoms with Gasteiger partial charge in [0.05, 0.1) is 16.9 Å². The normalized spacial score (nSPS) is 10.5. The van der Waals surface area contributed by atoms with Gasteiger partial charge >= 0.3 is 0 Å². The molecule has 1 aromatic carbocycles. The maximum absolute atomic E-state index is 11.5. The Kier molecular flexibility index (Phi) is 2.94. The zero-order chi connectivity index (χ0) is 12.6. The van der Waals surface area contributed by atoms with Gasteiger partial charge in [-0.25, -0.2) is 0 Å². The number of hydrogen-bond donors (Lipinski definition) is 2. The molecule has 3 nitrogen and oxygen atoms in total. The second-order valence-corrected chi connectivity index (χ2v) is 4.42. The van der Waals surface area contributed by atoms with Gasteiger partial charge in [0, 0.05) is 16.3 Å². The smallest absolute Gasteiger partial charge is 0.163 e. The molecule has 0 aliphatic heterocycles. The van der Waals surface area contributed by atoms with Crippen LogP contribution >= 0.6 is 11.6 Å². The number of aromatic amines is 1. The van der Waals surface area contributed by atoms with Gasteiger partial charge in [-0.1, -0.05) is 23.7 Å².